The van der Waals surface area contributed by atoms with Gasteiger partial charge >= 0.3 is 0 Å². The third-order valence-corrected chi connectivity index (χ3v) is 1.83. The summed E-state index contributed by atoms with van der Waals surface area (Å²) >= 11 is 5.80. The van der Waals surface area contributed by atoms with Gasteiger partial charge in [0.2, 0.25) is 5.91 Å². The lowest BCUT2D eigenvalue weighted by Gasteiger charge is -2.12. The lowest BCUT2D eigenvalue weighted by molar-refractivity contribution is -0.118. The Kier molecular flexibility index (Phi) is 3.64. The molecule has 76 valence electrons. The average Bonchev–Trinajstić information content (AvgIpc) is 2.07. The fourth-order valence-corrected chi connectivity index (χ4v) is 1.16. The van der Waals surface area contributed by atoms with Crippen molar-refractivity contribution < 1.29 is 4.79 Å². The second-order valence-corrected chi connectivity index (χ2v) is 3.34. The fraction of sp³-hybridized carbons (Fsp3) is 0.375. The highest BCUT2D eigenvalue weighted by Gasteiger charge is 2.08. The van der Waals surface area contributed by atoms with Crippen molar-refractivity contribution in [1.82, 2.24) is 9.97 Å². The zero-order valence-electron chi connectivity index (χ0n) is 7.70. The topological polar surface area (TPSA) is 80.9 Å². The third kappa shape index (κ3) is 3.18. The van der Waals surface area contributed by atoms with Crippen LogP contribution in [-0.4, -0.2) is 21.9 Å². The molecule has 3 N–H and O–H groups in total. The summed E-state index contributed by atoms with van der Waals surface area (Å²) in [5.74, 6) is 0.144. The van der Waals surface area contributed by atoms with Crippen LogP contribution in [0.2, 0.25) is 5.02 Å². The minimum atomic E-state index is -0.366. The van der Waals surface area contributed by atoms with Crippen LogP contribution in [0, 0.1) is 0 Å². The summed E-state index contributed by atoms with van der Waals surface area (Å²) in [6.07, 6.45) is 3.10. The molecule has 1 heterocycles. The van der Waals surface area contributed by atoms with E-state index in [0.29, 0.717) is 10.8 Å². The molecule has 0 aromatic carbocycles. The van der Waals surface area contributed by atoms with E-state index >= 15 is 0 Å². The van der Waals surface area contributed by atoms with E-state index < -0.39 is 0 Å². The van der Waals surface area contributed by atoms with E-state index in [1.54, 1.807) is 0 Å². The molecule has 0 aliphatic rings. The molecule has 0 fully saturated rings. The van der Waals surface area contributed by atoms with Crippen LogP contribution >= 0.6 is 11.6 Å². The second-order valence-electron chi connectivity index (χ2n) is 2.94. The van der Waals surface area contributed by atoms with E-state index in [1.807, 2.05) is 6.92 Å². The first-order chi connectivity index (χ1) is 6.59. The zero-order valence-corrected chi connectivity index (χ0v) is 8.45. The summed E-state index contributed by atoms with van der Waals surface area (Å²) in [5, 5.41) is 3.38. The van der Waals surface area contributed by atoms with Crippen LogP contribution in [-0.2, 0) is 4.79 Å². The molecular formula is C8H11ClN4O. The van der Waals surface area contributed by atoms with Crippen molar-refractivity contribution in [3.63, 3.8) is 0 Å². The molecule has 0 aliphatic heterocycles. The Balaban J connectivity index is 2.60. The van der Waals surface area contributed by atoms with Gasteiger partial charge in [-0.2, -0.15) is 0 Å². The first-order valence-electron chi connectivity index (χ1n) is 4.10. The molecule has 1 aromatic rings. The van der Waals surface area contributed by atoms with Gasteiger partial charge in [0.15, 0.2) is 0 Å². The quantitative estimate of drug-likeness (QED) is 0.777. The van der Waals surface area contributed by atoms with Crippen LogP contribution in [0.1, 0.15) is 13.3 Å². The van der Waals surface area contributed by atoms with Gasteiger partial charge in [-0.1, -0.05) is 11.6 Å². The molecule has 0 saturated heterocycles. The van der Waals surface area contributed by atoms with E-state index in [9.17, 15) is 4.79 Å². The van der Waals surface area contributed by atoms with Gasteiger partial charge in [0.25, 0.3) is 0 Å². The van der Waals surface area contributed by atoms with Gasteiger partial charge in [-0.15, -0.1) is 0 Å². The normalized spacial score (nSPS) is 12.1. The Hall–Kier alpha value is -1.36. The highest BCUT2D eigenvalue weighted by atomic mass is 35.5. The molecule has 0 spiro atoms. The summed E-state index contributed by atoms with van der Waals surface area (Å²) in [6.45, 7) is 1.82. The molecule has 1 rings (SSSR count). The van der Waals surface area contributed by atoms with Gasteiger partial charge in [-0.05, 0) is 6.92 Å². The summed E-state index contributed by atoms with van der Waals surface area (Å²) in [6, 6.07) is -0.0973. The molecule has 1 unspecified atom stereocenters. The van der Waals surface area contributed by atoms with Crippen molar-refractivity contribution in [2.24, 2.45) is 5.73 Å². The van der Waals surface area contributed by atoms with Gasteiger partial charge < -0.3 is 11.1 Å². The fourth-order valence-electron chi connectivity index (χ4n) is 1.01. The first kappa shape index (κ1) is 10.7. The van der Waals surface area contributed by atoms with Crippen LogP contribution in [0.4, 0.5) is 5.82 Å². The van der Waals surface area contributed by atoms with Crippen molar-refractivity contribution >= 4 is 23.3 Å². The Morgan fingerprint density at radius 3 is 3.07 bits per heavy atom. The van der Waals surface area contributed by atoms with Gasteiger partial charge in [-0.3, -0.25) is 4.79 Å². The Morgan fingerprint density at radius 1 is 1.79 bits per heavy atom. The van der Waals surface area contributed by atoms with E-state index in [0.717, 1.165) is 0 Å². The molecule has 5 nitrogen and oxygen atoms in total. The minimum absolute atomic E-state index is 0.0973. The number of carbonyl (C=O) groups excluding carboxylic acids is 1. The third-order valence-electron chi connectivity index (χ3n) is 1.56. The van der Waals surface area contributed by atoms with Crippen LogP contribution in [0.25, 0.3) is 0 Å². The highest BCUT2D eigenvalue weighted by molar-refractivity contribution is 6.32. The number of rotatable bonds is 4. The summed E-state index contributed by atoms with van der Waals surface area (Å²) in [4.78, 5) is 18.3. The maximum atomic E-state index is 10.6. The summed E-state index contributed by atoms with van der Waals surface area (Å²) in [7, 11) is 0. The number of halogens is 1. The summed E-state index contributed by atoms with van der Waals surface area (Å²) in [5.41, 5.74) is 5.04. The largest absolute Gasteiger partial charge is 0.370 e. The van der Waals surface area contributed by atoms with Crippen molar-refractivity contribution in [1.29, 1.82) is 0 Å². The molecule has 0 saturated carbocycles. The number of amides is 1. The number of carbonyl (C=O) groups is 1. The van der Waals surface area contributed by atoms with Crippen LogP contribution in [0.3, 0.4) is 0 Å². The Morgan fingerprint density at radius 2 is 2.50 bits per heavy atom. The monoisotopic (exact) mass is 214 g/mol. The average molecular weight is 215 g/mol. The zero-order chi connectivity index (χ0) is 10.6. The molecule has 0 radical (unpaired) electrons. The molecule has 1 amide bonds. The number of anilines is 1. The lowest BCUT2D eigenvalue weighted by atomic mass is 10.2. The second kappa shape index (κ2) is 4.76. The highest BCUT2D eigenvalue weighted by Crippen LogP contribution is 2.17. The standard InChI is InChI=1S/C8H11ClN4O/c1-5(2-7(10)14)13-8-6(9)3-11-4-12-8/h3-5H,2H2,1H3,(H2,10,14)(H,11,12,13). The Bertz CT molecular complexity index is 331. The van der Waals surface area contributed by atoms with Crippen LogP contribution in [0.5, 0.6) is 0 Å². The minimum Gasteiger partial charge on any atom is -0.370 e. The molecule has 1 aromatic heterocycles. The van der Waals surface area contributed by atoms with Crippen molar-refractivity contribution in [3.8, 4) is 0 Å². The van der Waals surface area contributed by atoms with E-state index in [2.05, 4.69) is 15.3 Å². The predicted molar refractivity (Wildman–Crippen MR) is 53.9 cm³/mol. The number of aromatic nitrogens is 2. The molecule has 0 aliphatic carbocycles. The number of hydrogen-bond donors (Lipinski definition) is 2. The molecule has 0 bridgehead atoms. The smallest absolute Gasteiger partial charge is 0.219 e. The van der Waals surface area contributed by atoms with Gasteiger partial charge in [-0.25, -0.2) is 9.97 Å². The van der Waals surface area contributed by atoms with Crippen molar-refractivity contribution in [3.05, 3.63) is 17.5 Å². The number of nitrogens with one attached hydrogen (secondary N) is 1. The van der Waals surface area contributed by atoms with Crippen LogP contribution in [0.15, 0.2) is 12.5 Å². The van der Waals surface area contributed by atoms with Gasteiger partial charge in [0, 0.05) is 12.5 Å². The SMILES string of the molecule is CC(CC(N)=O)Nc1ncncc1Cl. The number of hydrogen-bond acceptors (Lipinski definition) is 4. The van der Waals surface area contributed by atoms with Crippen molar-refractivity contribution in [2.45, 2.75) is 19.4 Å². The predicted octanol–water partition coefficient (Wildman–Crippen LogP) is 0.806. The van der Waals surface area contributed by atoms with E-state index in [-0.39, 0.29) is 18.4 Å². The maximum absolute atomic E-state index is 10.6. The Labute approximate surface area is 86.7 Å². The van der Waals surface area contributed by atoms with Crippen molar-refractivity contribution in [2.75, 3.05) is 5.32 Å². The number of nitrogens with zero attached hydrogens (tertiary/aromatic N) is 2. The van der Waals surface area contributed by atoms with E-state index in [4.69, 9.17) is 17.3 Å². The van der Waals surface area contributed by atoms with Gasteiger partial charge in [0.05, 0.1) is 6.20 Å². The maximum Gasteiger partial charge on any atom is 0.219 e. The summed E-state index contributed by atoms with van der Waals surface area (Å²) < 4.78 is 0. The van der Waals surface area contributed by atoms with Crippen LogP contribution < -0.4 is 11.1 Å². The number of nitrogens with two attached hydrogens (primary N) is 1. The van der Waals surface area contributed by atoms with E-state index in [1.165, 1.54) is 12.5 Å². The lowest BCUT2D eigenvalue weighted by Crippen LogP contribution is -2.24. The molecule has 1 atom stereocenters. The molecular weight excluding hydrogens is 204 g/mol. The first-order valence-corrected chi connectivity index (χ1v) is 4.47. The number of primary amides is 1. The molecule has 14 heavy (non-hydrogen) atoms. The van der Waals surface area contributed by atoms with Gasteiger partial charge in [0.1, 0.15) is 17.2 Å². The molecule has 6 heteroatoms.